The highest BCUT2D eigenvalue weighted by Crippen LogP contribution is 2.07. The maximum absolute atomic E-state index is 10.5. The van der Waals surface area contributed by atoms with Crippen LogP contribution in [0.5, 0.6) is 0 Å². The summed E-state index contributed by atoms with van der Waals surface area (Å²) >= 11 is 0. The molecule has 0 heterocycles. The summed E-state index contributed by atoms with van der Waals surface area (Å²) in [5.74, 6) is -0.799. The molecule has 0 rings (SSSR count). The molecule has 114 valence electrons. The first-order valence-electron chi connectivity index (χ1n) is 7.89. The second kappa shape index (κ2) is 13.8. The van der Waals surface area contributed by atoms with Gasteiger partial charge in [0.1, 0.15) is 0 Å². The Hall–Kier alpha value is -0.610. The fourth-order valence-corrected chi connectivity index (χ4v) is 2.11. The van der Waals surface area contributed by atoms with Crippen LogP contribution in [0, 0.1) is 0 Å². The van der Waals surface area contributed by atoms with Crippen molar-refractivity contribution in [2.24, 2.45) is 0 Å². The highest BCUT2D eigenvalue weighted by atomic mass is 16.4. The van der Waals surface area contributed by atoms with E-state index in [1.54, 1.807) is 0 Å². The Labute approximate surface area is 118 Å². The fraction of sp³-hybridized carbons (Fsp3) is 0.933. The molecule has 4 nitrogen and oxygen atoms in total. The van der Waals surface area contributed by atoms with Crippen molar-refractivity contribution in [3.63, 3.8) is 0 Å². The molecular formula is C15H32N2O2. The molecular weight excluding hydrogens is 240 g/mol. The van der Waals surface area contributed by atoms with Gasteiger partial charge in [0.25, 0.3) is 0 Å². The van der Waals surface area contributed by atoms with Crippen LogP contribution in [0.25, 0.3) is 0 Å². The summed E-state index contributed by atoms with van der Waals surface area (Å²) in [6.45, 7) is 5.30. The van der Waals surface area contributed by atoms with Crippen LogP contribution in [-0.4, -0.2) is 30.3 Å². The first kappa shape index (κ1) is 18.4. The van der Waals surface area contributed by atoms with Crippen molar-refractivity contribution in [1.82, 2.24) is 10.6 Å². The Balaban J connectivity index is 3.28. The van der Waals surface area contributed by atoms with E-state index in [-0.39, 0.29) is 12.7 Å². The minimum atomic E-state index is -0.799. The summed E-state index contributed by atoms with van der Waals surface area (Å²) in [5, 5.41) is 14.9. The van der Waals surface area contributed by atoms with E-state index >= 15 is 0 Å². The number of rotatable bonds is 14. The van der Waals surface area contributed by atoms with E-state index in [1.165, 1.54) is 51.4 Å². The third-order valence-electron chi connectivity index (χ3n) is 3.33. The monoisotopic (exact) mass is 272 g/mol. The van der Waals surface area contributed by atoms with Crippen LogP contribution in [0.2, 0.25) is 0 Å². The highest BCUT2D eigenvalue weighted by Gasteiger charge is 2.05. The molecule has 19 heavy (non-hydrogen) atoms. The molecule has 0 bridgehead atoms. The molecule has 0 saturated heterocycles. The molecule has 0 radical (unpaired) electrons. The third kappa shape index (κ3) is 13.6. The Morgan fingerprint density at radius 2 is 1.53 bits per heavy atom. The van der Waals surface area contributed by atoms with E-state index in [4.69, 9.17) is 5.11 Å². The van der Waals surface area contributed by atoms with Crippen LogP contribution < -0.4 is 10.6 Å². The molecule has 0 amide bonds. The lowest BCUT2D eigenvalue weighted by Gasteiger charge is -2.17. The Morgan fingerprint density at radius 1 is 0.947 bits per heavy atom. The summed E-state index contributed by atoms with van der Waals surface area (Å²) in [4.78, 5) is 10.5. The van der Waals surface area contributed by atoms with Gasteiger partial charge in [-0.15, -0.1) is 0 Å². The summed E-state index contributed by atoms with van der Waals surface area (Å²) in [5.41, 5.74) is 0. The van der Waals surface area contributed by atoms with Gasteiger partial charge in [0.2, 0.25) is 0 Å². The second-order valence-corrected chi connectivity index (χ2v) is 5.16. The third-order valence-corrected chi connectivity index (χ3v) is 3.33. The Kier molecular flexibility index (Phi) is 13.4. The van der Waals surface area contributed by atoms with Gasteiger partial charge in [-0.25, -0.2) is 0 Å². The highest BCUT2D eigenvalue weighted by molar-refractivity contribution is 5.69. The number of carboxylic acids is 1. The molecule has 4 heteroatoms. The molecule has 3 N–H and O–H groups in total. The number of carbonyl (C=O) groups is 1. The molecule has 0 aliphatic heterocycles. The van der Waals surface area contributed by atoms with Crippen molar-refractivity contribution in [2.45, 2.75) is 77.8 Å². The average molecular weight is 272 g/mol. The molecule has 1 atom stereocenters. The molecule has 0 spiro atoms. The van der Waals surface area contributed by atoms with E-state index in [2.05, 4.69) is 24.5 Å². The molecule has 0 saturated carbocycles. The Morgan fingerprint density at radius 3 is 2.05 bits per heavy atom. The molecule has 0 aromatic rings. The van der Waals surface area contributed by atoms with Crippen molar-refractivity contribution < 1.29 is 9.90 Å². The van der Waals surface area contributed by atoms with Gasteiger partial charge in [0.15, 0.2) is 0 Å². The molecule has 0 aliphatic carbocycles. The minimum absolute atomic E-state index is 0.0307. The lowest BCUT2D eigenvalue weighted by atomic mass is 10.1. The maximum Gasteiger partial charge on any atom is 0.317 e. The van der Waals surface area contributed by atoms with Crippen molar-refractivity contribution >= 4 is 5.97 Å². The van der Waals surface area contributed by atoms with Crippen molar-refractivity contribution in [3.8, 4) is 0 Å². The molecule has 1 unspecified atom stereocenters. The van der Waals surface area contributed by atoms with E-state index in [0.717, 1.165) is 13.0 Å². The Bertz CT molecular complexity index is 210. The van der Waals surface area contributed by atoms with Crippen molar-refractivity contribution in [2.75, 3.05) is 13.1 Å². The largest absolute Gasteiger partial charge is 0.480 e. The lowest BCUT2D eigenvalue weighted by Crippen LogP contribution is -2.44. The smallest absolute Gasteiger partial charge is 0.317 e. The number of nitrogens with one attached hydrogen (secondary N) is 2. The van der Waals surface area contributed by atoms with Gasteiger partial charge in [0, 0.05) is 0 Å². The second-order valence-electron chi connectivity index (χ2n) is 5.16. The quantitative estimate of drug-likeness (QED) is 0.336. The zero-order valence-corrected chi connectivity index (χ0v) is 12.7. The van der Waals surface area contributed by atoms with Crippen LogP contribution in [0.15, 0.2) is 0 Å². The molecule has 0 aromatic heterocycles. The van der Waals surface area contributed by atoms with Crippen molar-refractivity contribution in [1.29, 1.82) is 0 Å². The van der Waals surface area contributed by atoms with Gasteiger partial charge in [-0.1, -0.05) is 58.8 Å². The first-order chi connectivity index (χ1) is 9.20. The standard InChI is InChI=1S/C15H32N2O2/c1-3-5-6-7-8-9-10-11-12-16-14(4-2)17-13-15(18)19/h14,16-17H,3-13H2,1-2H3,(H,18,19). The van der Waals surface area contributed by atoms with Gasteiger partial charge < -0.3 is 10.4 Å². The zero-order chi connectivity index (χ0) is 14.3. The topological polar surface area (TPSA) is 61.4 Å². The average Bonchev–Trinajstić information content (AvgIpc) is 2.40. The van der Waals surface area contributed by atoms with E-state index in [9.17, 15) is 4.79 Å². The van der Waals surface area contributed by atoms with E-state index in [0.29, 0.717) is 0 Å². The van der Waals surface area contributed by atoms with Gasteiger partial charge in [-0.05, 0) is 19.4 Å². The van der Waals surface area contributed by atoms with Crippen LogP contribution in [0.4, 0.5) is 0 Å². The van der Waals surface area contributed by atoms with Crippen LogP contribution in [0.3, 0.4) is 0 Å². The number of hydrogen-bond acceptors (Lipinski definition) is 3. The van der Waals surface area contributed by atoms with Gasteiger partial charge in [-0.2, -0.15) is 0 Å². The van der Waals surface area contributed by atoms with Crippen LogP contribution in [0.1, 0.15) is 71.6 Å². The predicted octanol–water partition coefficient (Wildman–Crippen LogP) is 3.13. The summed E-state index contributed by atoms with van der Waals surface area (Å²) < 4.78 is 0. The van der Waals surface area contributed by atoms with Gasteiger partial charge >= 0.3 is 5.97 Å². The molecule has 0 fully saturated rings. The summed E-state index contributed by atoms with van der Waals surface area (Å²) in [6.07, 6.45) is 11.6. The fourth-order valence-electron chi connectivity index (χ4n) is 2.11. The molecule has 0 aliphatic rings. The van der Waals surface area contributed by atoms with Crippen molar-refractivity contribution in [3.05, 3.63) is 0 Å². The molecule has 0 aromatic carbocycles. The SMILES string of the molecule is CCCCCCCCCCNC(CC)NCC(=O)O. The number of carboxylic acid groups (broad SMARTS) is 1. The predicted molar refractivity (Wildman–Crippen MR) is 80.3 cm³/mol. The van der Waals surface area contributed by atoms with E-state index in [1.807, 2.05) is 0 Å². The lowest BCUT2D eigenvalue weighted by molar-refractivity contribution is -0.136. The van der Waals surface area contributed by atoms with Crippen LogP contribution >= 0.6 is 0 Å². The zero-order valence-electron chi connectivity index (χ0n) is 12.7. The maximum atomic E-state index is 10.5. The van der Waals surface area contributed by atoms with Gasteiger partial charge in [-0.3, -0.25) is 10.1 Å². The van der Waals surface area contributed by atoms with Crippen LogP contribution in [-0.2, 0) is 4.79 Å². The number of unbranched alkanes of at least 4 members (excludes halogenated alkanes) is 7. The summed E-state index contributed by atoms with van der Waals surface area (Å²) in [6, 6.07) is 0. The first-order valence-corrected chi connectivity index (χ1v) is 7.89. The number of hydrogen-bond donors (Lipinski definition) is 3. The summed E-state index contributed by atoms with van der Waals surface area (Å²) in [7, 11) is 0. The number of aliphatic carboxylic acids is 1. The van der Waals surface area contributed by atoms with E-state index < -0.39 is 5.97 Å². The minimum Gasteiger partial charge on any atom is -0.480 e. The normalized spacial score (nSPS) is 12.5. The van der Waals surface area contributed by atoms with Gasteiger partial charge in [0.05, 0.1) is 12.7 Å².